The van der Waals surface area contributed by atoms with Crippen molar-refractivity contribution in [2.75, 3.05) is 39.3 Å². The van der Waals surface area contributed by atoms with Crippen molar-refractivity contribution in [2.24, 2.45) is 5.92 Å². The predicted molar refractivity (Wildman–Crippen MR) is 183 cm³/mol. The van der Waals surface area contributed by atoms with E-state index in [4.69, 9.17) is 4.74 Å². The number of likely N-dealkylation sites (tertiary alicyclic amines) is 2. The maximum atomic E-state index is 13.8. The second-order valence-corrected chi connectivity index (χ2v) is 12.7. The SMILES string of the molecule is C=CCN(C(=O)OCc1ccc([N+](=O)[O-])cc1)C1CCN(CC2CN(C(=O)c3ccc4ccccc4c3)CC2(O)c2ccccc2)CC1. The number of nitro groups is 1. The number of carbonyl (C=O) groups is 2. The zero-order chi connectivity index (χ0) is 33.7. The van der Waals surface area contributed by atoms with Crippen molar-refractivity contribution < 1.29 is 24.4 Å². The summed E-state index contributed by atoms with van der Waals surface area (Å²) in [6, 6.07) is 29.2. The van der Waals surface area contributed by atoms with Crippen molar-refractivity contribution in [3.8, 4) is 0 Å². The first kappa shape index (κ1) is 32.9. The van der Waals surface area contributed by atoms with E-state index < -0.39 is 16.6 Å². The van der Waals surface area contributed by atoms with Crippen molar-refractivity contribution >= 4 is 28.5 Å². The van der Waals surface area contributed by atoms with E-state index in [-0.39, 0.29) is 36.7 Å². The summed E-state index contributed by atoms with van der Waals surface area (Å²) in [5.41, 5.74) is 0.841. The number of carbonyl (C=O) groups excluding carboxylic acids is 2. The maximum Gasteiger partial charge on any atom is 0.410 e. The molecule has 2 aliphatic rings. The second-order valence-electron chi connectivity index (χ2n) is 12.7. The lowest BCUT2D eigenvalue weighted by atomic mass is 9.83. The zero-order valence-corrected chi connectivity index (χ0v) is 26.8. The lowest BCUT2D eigenvalue weighted by Gasteiger charge is -2.40. The third kappa shape index (κ3) is 7.10. The summed E-state index contributed by atoms with van der Waals surface area (Å²) in [5.74, 6) is -0.305. The number of nitro benzene ring substituents is 1. The standard InChI is InChI=1S/C38H40N4O6/c1-2-20-41(37(44)48-26-28-12-16-35(17-13-28)42(46)47)34-18-21-39(22-19-34)24-33-25-40(27-38(33,45)32-10-4-3-5-11-32)36(43)31-15-14-29-8-6-7-9-30(29)23-31/h2-17,23,33-34,45H,1,18-22,24-27H2. The van der Waals surface area contributed by atoms with Gasteiger partial charge >= 0.3 is 6.09 Å². The zero-order valence-electron chi connectivity index (χ0n) is 26.8. The number of benzene rings is 4. The summed E-state index contributed by atoms with van der Waals surface area (Å²) in [6.45, 7) is 6.84. The smallest absolute Gasteiger partial charge is 0.410 e. The lowest BCUT2D eigenvalue weighted by molar-refractivity contribution is -0.384. The van der Waals surface area contributed by atoms with Crippen LogP contribution in [-0.2, 0) is 16.9 Å². The highest BCUT2D eigenvalue weighted by molar-refractivity contribution is 5.98. The molecule has 10 nitrogen and oxygen atoms in total. The van der Waals surface area contributed by atoms with Crippen LogP contribution in [0.15, 0.2) is 110 Å². The minimum absolute atomic E-state index is 0.0114. The topological polar surface area (TPSA) is 116 Å². The summed E-state index contributed by atoms with van der Waals surface area (Å²) in [7, 11) is 0. The van der Waals surface area contributed by atoms with Crippen LogP contribution in [-0.4, -0.2) is 82.0 Å². The Morgan fingerprint density at radius 1 is 0.979 bits per heavy atom. The molecule has 0 aromatic heterocycles. The number of non-ortho nitro benzene ring substituents is 1. The molecule has 0 aliphatic carbocycles. The second kappa shape index (κ2) is 14.4. The first-order chi connectivity index (χ1) is 23.2. The molecule has 0 bridgehead atoms. The van der Waals surface area contributed by atoms with Crippen molar-refractivity contribution in [2.45, 2.75) is 31.1 Å². The first-order valence-electron chi connectivity index (χ1n) is 16.3. The van der Waals surface area contributed by atoms with Gasteiger partial charge in [-0.05, 0) is 59.0 Å². The van der Waals surface area contributed by atoms with Crippen LogP contribution in [0.2, 0.25) is 0 Å². The van der Waals surface area contributed by atoms with Gasteiger partial charge in [-0.25, -0.2) is 4.79 Å². The van der Waals surface area contributed by atoms with Gasteiger partial charge in [0.2, 0.25) is 0 Å². The van der Waals surface area contributed by atoms with E-state index in [1.54, 1.807) is 28.0 Å². The van der Waals surface area contributed by atoms with Crippen LogP contribution in [0.1, 0.15) is 34.3 Å². The Morgan fingerprint density at radius 3 is 2.35 bits per heavy atom. The molecule has 6 rings (SSSR count). The van der Waals surface area contributed by atoms with Crippen LogP contribution in [0, 0.1) is 16.0 Å². The largest absolute Gasteiger partial charge is 0.445 e. The fourth-order valence-electron chi connectivity index (χ4n) is 7.00. The Kier molecular flexibility index (Phi) is 9.84. The number of rotatable bonds is 10. The molecule has 4 aromatic rings. The van der Waals surface area contributed by atoms with Gasteiger partial charge in [0.1, 0.15) is 12.2 Å². The molecule has 2 aliphatic heterocycles. The van der Waals surface area contributed by atoms with Crippen molar-refractivity contribution in [1.82, 2.24) is 14.7 Å². The molecular weight excluding hydrogens is 608 g/mol. The molecule has 0 spiro atoms. The van der Waals surface area contributed by atoms with Crippen LogP contribution in [0.3, 0.4) is 0 Å². The van der Waals surface area contributed by atoms with Gasteiger partial charge < -0.3 is 24.5 Å². The fraction of sp³-hybridized carbons (Fsp3) is 0.316. The van der Waals surface area contributed by atoms with Gasteiger partial charge in [0.15, 0.2) is 0 Å². The Morgan fingerprint density at radius 2 is 1.67 bits per heavy atom. The quantitative estimate of drug-likeness (QED) is 0.127. The Hall–Kier alpha value is -5.06. The highest BCUT2D eigenvalue weighted by Gasteiger charge is 2.48. The highest BCUT2D eigenvalue weighted by atomic mass is 16.6. The molecule has 2 heterocycles. The van der Waals surface area contributed by atoms with E-state index in [9.17, 15) is 24.8 Å². The number of hydrogen-bond donors (Lipinski definition) is 1. The Bertz CT molecular complexity index is 1770. The molecular formula is C38H40N4O6. The van der Waals surface area contributed by atoms with Gasteiger partial charge in [-0.15, -0.1) is 6.58 Å². The van der Waals surface area contributed by atoms with E-state index in [0.717, 1.165) is 29.2 Å². The Balaban J connectivity index is 1.10. The number of hydrogen-bond acceptors (Lipinski definition) is 7. The van der Waals surface area contributed by atoms with E-state index in [0.29, 0.717) is 43.9 Å². The number of ether oxygens (including phenoxy) is 1. The number of aliphatic hydroxyl groups is 1. The van der Waals surface area contributed by atoms with Crippen molar-refractivity contribution in [3.05, 3.63) is 137 Å². The number of fused-ring (bicyclic) bond motifs is 1. The molecule has 2 saturated heterocycles. The van der Waals surface area contributed by atoms with Gasteiger partial charge in [-0.1, -0.05) is 66.7 Å². The predicted octanol–water partition coefficient (Wildman–Crippen LogP) is 6.00. The molecule has 1 N–H and O–H groups in total. The molecule has 4 aromatic carbocycles. The van der Waals surface area contributed by atoms with Crippen molar-refractivity contribution in [3.63, 3.8) is 0 Å². The minimum atomic E-state index is -1.21. The summed E-state index contributed by atoms with van der Waals surface area (Å²) in [4.78, 5) is 43.2. The van der Waals surface area contributed by atoms with E-state index >= 15 is 0 Å². The van der Waals surface area contributed by atoms with E-state index in [2.05, 4.69) is 11.5 Å². The summed E-state index contributed by atoms with van der Waals surface area (Å²) in [5, 5.41) is 25.2. The van der Waals surface area contributed by atoms with Gasteiger partial charge in [0.25, 0.3) is 11.6 Å². The van der Waals surface area contributed by atoms with Gasteiger partial charge in [0, 0.05) is 62.4 Å². The summed E-state index contributed by atoms with van der Waals surface area (Å²) < 4.78 is 5.59. The monoisotopic (exact) mass is 648 g/mol. The summed E-state index contributed by atoms with van der Waals surface area (Å²) >= 11 is 0. The number of amides is 2. The van der Waals surface area contributed by atoms with Crippen molar-refractivity contribution in [1.29, 1.82) is 0 Å². The molecule has 2 atom stereocenters. The fourth-order valence-corrected chi connectivity index (χ4v) is 7.00. The average Bonchev–Trinajstić information content (AvgIpc) is 3.46. The highest BCUT2D eigenvalue weighted by Crippen LogP contribution is 2.39. The molecule has 10 heteroatoms. The van der Waals surface area contributed by atoms with Gasteiger partial charge in [-0.2, -0.15) is 0 Å². The molecule has 48 heavy (non-hydrogen) atoms. The van der Waals surface area contributed by atoms with Crippen LogP contribution in [0.25, 0.3) is 10.8 Å². The minimum Gasteiger partial charge on any atom is -0.445 e. The third-order valence-corrected chi connectivity index (χ3v) is 9.65. The molecule has 2 amide bonds. The van der Waals surface area contributed by atoms with Gasteiger partial charge in [-0.3, -0.25) is 14.9 Å². The average molecular weight is 649 g/mol. The molecule has 2 unspecified atom stereocenters. The van der Waals surface area contributed by atoms with Crippen LogP contribution in [0.5, 0.6) is 0 Å². The normalized spacial score (nSPS) is 20.0. The molecule has 248 valence electrons. The van der Waals surface area contributed by atoms with Crippen LogP contribution >= 0.6 is 0 Å². The Labute approximate surface area is 280 Å². The molecule has 0 saturated carbocycles. The van der Waals surface area contributed by atoms with Crippen LogP contribution in [0.4, 0.5) is 10.5 Å². The van der Waals surface area contributed by atoms with E-state index in [1.165, 1.54) is 12.1 Å². The number of piperidine rings is 1. The van der Waals surface area contributed by atoms with Crippen LogP contribution < -0.4 is 0 Å². The molecule has 2 fully saturated rings. The maximum absolute atomic E-state index is 13.8. The number of nitrogens with zero attached hydrogens (tertiary/aromatic N) is 4. The third-order valence-electron chi connectivity index (χ3n) is 9.65. The first-order valence-corrected chi connectivity index (χ1v) is 16.3. The van der Waals surface area contributed by atoms with E-state index in [1.807, 2.05) is 72.8 Å². The number of β-amino-alcohol motifs (C(OH)–C–C–N with tert-alkyl or cyclic N) is 1. The van der Waals surface area contributed by atoms with Gasteiger partial charge in [0.05, 0.1) is 11.5 Å². The summed E-state index contributed by atoms with van der Waals surface area (Å²) in [6.07, 6.45) is 2.66. The molecule has 0 radical (unpaired) electrons. The lowest BCUT2D eigenvalue weighted by Crippen LogP contribution is -2.50.